The number of carbonyl (C=O) groups is 3. The second-order valence-electron chi connectivity index (χ2n) is 16.0. The quantitative estimate of drug-likeness (QED) is 0.0346. The smallest absolute Gasteiger partial charge is 0.408 e. The monoisotopic (exact) mass is 888 g/mol. The van der Waals surface area contributed by atoms with Gasteiger partial charge in [-0.3, -0.25) is 0 Å². The molecule has 2 aliphatic rings. The predicted octanol–water partition coefficient (Wildman–Crippen LogP) is 8.68. The van der Waals surface area contributed by atoms with Crippen molar-refractivity contribution in [2.45, 2.75) is 107 Å². The molecule has 10 atom stereocenters. The maximum atomic E-state index is 14.1. The summed E-state index contributed by atoms with van der Waals surface area (Å²) in [4.78, 5) is 50.5. The fourth-order valence-electron chi connectivity index (χ4n) is 7.46. The van der Waals surface area contributed by atoms with Crippen molar-refractivity contribution < 1.29 is 47.5 Å². The Morgan fingerprint density at radius 2 is 1.17 bits per heavy atom. The molecule has 0 unspecified atom stereocenters. The second-order valence-corrected chi connectivity index (χ2v) is 16.0. The maximum Gasteiger partial charge on any atom is 0.408 e. The highest BCUT2D eigenvalue weighted by Gasteiger charge is 2.55. The van der Waals surface area contributed by atoms with Crippen LogP contribution in [0.15, 0.2) is 137 Å². The minimum atomic E-state index is -1.67. The van der Waals surface area contributed by atoms with E-state index in [2.05, 4.69) is 35.4 Å². The van der Waals surface area contributed by atoms with Gasteiger partial charge in [0.05, 0.1) is 49.1 Å². The van der Waals surface area contributed by atoms with E-state index < -0.39 is 84.7 Å². The van der Waals surface area contributed by atoms with E-state index in [1.54, 1.807) is 57.2 Å². The summed E-state index contributed by atoms with van der Waals surface area (Å²) in [5.41, 5.74) is 30.3. The first-order valence-electron chi connectivity index (χ1n) is 20.7. The van der Waals surface area contributed by atoms with E-state index in [1.165, 1.54) is 24.3 Å². The first kappa shape index (κ1) is 47.3. The molecule has 0 spiro atoms. The van der Waals surface area contributed by atoms with Crippen LogP contribution in [0.4, 0.5) is 4.79 Å². The highest BCUT2D eigenvalue weighted by atomic mass is 16.7. The van der Waals surface area contributed by atoms with Crippen LogP contribution in [0.25, 0.3) is 31.3 Å². The van der Waals surface area contributed by atoms with Crippen LogP contribution in [-0.4, -0.2) is 91.2 Å². The van der Waals surface area contributed by atoms with Crippen LogP contribution in [0, 0.1) is 0 Å². The lowest BCUT2D eigenvalue weighted by atomic mass is 9.83. The number of amides is 1. The Morgan fingerprint density at radius 3 is 1.68 bits per heavy atom. The van der Waals surface area contributed by atoms with Crippen LogP contribution >= 0.6 is 0 Å². The van der Waals surface area contributed by atoms with Gasteiger partial charge in [0.1, 0.15) is 30.0 Å². The van der Waals surface area contributed by atoms with Crippen LogP contribution in [0.1, 0.15) is 59.0 Å². The third-order valence-corrected chi connectivity index (χ3v) is 10.3. The summed E-state index contributed by atoms with van der Waals surface area (Å²) >= 11 is 0. The van der Waals surface area contributed by atoms with Crippen molar-refractivity contribution in [2.75, 3.05) is 6.54 Å². The summed E-state index contributed by atoms with van der Waals surface area (Å²) in [6.07, 6.45) is -10.8. The summed E-state index contributed by atoms with van der Waals surface area (Å²) in [5, 5.41) is 14.6. The molecule has 0 aromatic heterocycles. The lowest BCUT2D eigenvalue weighted by molar-refractivity contribution is -0.300. The highest BCUT2D eigenvalue weighted by Crippen LogP contribution is 2.37. The molecule has 2 fully saturated rings. The van der Waals surface area contributed by atoms with Gasteiger partial charge < -0.3 is 38.5 Å². The minimum absolute atomic E-state index is 0.00668. The Balaban J connectivity index is 1.45. The molecule has 1 aliphatic carbocycles. The average Bonchev–Trinajstić information content (AvgIpc) is 3.30. The third kappa shape index (κ3) is 13.2. The largest absolute Gasteiger partial charge is 0.452 e. The van der Waals surface area contributed by atoms with Crippen LogP contribution in [-0.2, 0) is 46.4 Å². The van der Waals surface area contributed by atoms with E-state index >= 15 is 0 Å². The van der Waals surface area contributed by atoms with Crippen molar-refractivity contribution >= 4 is 18.0 Å². The van der Waals surface area contributed by atoms with Crippen LogP contribution in [0.5, 0.6) is 0 Å². The number of hydrogen-bond donors (Lipinski definition) is 1. The number of carbonyl (C=O) groups excluding carboxylic acids is 3. The zero-order valence-corrected chi connectivity index (χ0v) is 35.8. The fraction of sp³-hybridized carbons (Fsp3) is 0.400. The van der Waals surface area contributed by atoms with Gasteiger partial charge in [0.25, 0.3) is 0 Å². The van der Waals surface area contributed by atoms with Crippen molar-refractivity contribution in [3.8, 4) is 0 Å². The molecule has 4 aromatic rings. The third-order valence-electron chi connectivity index (χ3n) is 10.3. The molecule has 6 rings (SSSR count). The summed E-state index contributed by atoms with van der Waals surface area (Å²) in [7, 11) is 0. The molecular weight excluding hydrogens is 841 g/mol. The Morgan fingerprint density at radius 1 is 0.662 bits per heavy atom. The second kappa shape index (κ2) is 23.0. The van der Waals surface area contributed by atoms with Crippen LogP contribution < -0.4 is 5.32 Å². The zero-order chi connectivity index (χ0) is 46.2. The van der Waals surface area contributed by atoms with E-state index in [4.69, 9.17) is 33.2 Å². The van der Waals surface area contributed by atoms with Crippen molar-refractivity contribution in [1.82, 2.24) is 5.32 Å². The van der Waals surface area contributed by atoms with Crippen molar-refractivity contribution in [1.29, 1.82) is 0 Å². The van der Waals surface area contributed by atoms with Gasteiger partial charge in [-0.1, -0.05) is 112 Å². The molecule has 1 heterocycles. The van der Waals surface area contributed by atoms with Gasteiger partial charge in [-0.05, 0) is 79.2 Å². The number of rotatable bonds is 17. The molecular formula is C45H48N10O10. The highest BCUT2D eigenvalue weighted by molar-refractivity contribution is 5.90. The van der Waals surface area contributed by atoms with E-state index in [0.717, 1.165) is 11.1 Å². The summed E-state index contributed by atoms with van der Waals surface area (Å²) < 4.78 is 44.1. The number of benzene rings is 4. The molecule has 0 bridgehead atoms. The summed E-state index contributed by atoms with van der Waals surface area (Å²) in [5.74, 6) is -1.74. The number of ether oxygens (including phenoxy) is 7. The van der Waals surface area contributed by atoms with Gasteiger partial charge in [0.2, 0.25) is 0 Å². The summed E-state index contributed by atoms with van der Waals surface area (Å²) in [6, 6.07) is 30.5. The van der Waals surface area contributed by atoms with E-state index in [0.29, 0.717) is 0 Å². The Hall–Kier alpha value is -7.14. The molecule has 1 saturated heterocycles. The molecule has 0 radical (unpaired) electrons. The standard InChI is InChI=1S/C45H48N10O10/c1-45(2,3)65-44(58)50-32-24-33(51-54-47)37(40(63-42(57)31-22-14-7-15-23-31)36(32)62-41(56)30-20-12-6-13-21-30)64-43-35(52-55-48)39(60-27-29-18-10-5-11-19-29)38(34(61-43)25-49-53-46)59-26-28-16-8-4-9-17-28/h4-23,32-40,43H,24-27H2,1-3H3,(H,50,58)/t32-,33+,34-,35-,36+,37-,38-,39-,40-,43-/m1/s1. The SMILES string of the molecule is CC(C)(C)OC(=O)N[C@@H]1C[C@H](N=[N+]=[N-])[C@@H](O[C@H]2O[C@H](CN=[N+]=[N-])[C@@H](OCc3ccccc3)[C@H](OCc3ccccc3)[C@H]2N=[N+]=[N-])[C@H](OC(=O)c2ccccc2)[C@H]1OC(=O)c1ccccc1. The zero-order valence-electron chi connectivity index (χ0n) is 35.8. The normalized spacial score (nSPS) is 25.0. The van der Waals surface area contributed by atoms with E-state index in [1.807, 2.05) is 60.7 Å². The Labute approximate surface area is 373 Å². The van der Waals surface area contributed by atoms with E-state index in [9.17, 15) is 31.0 Å². The lowest BCUT2D eigenvalue weighted by Crippen LogP contribution is -2.66. The number of azide groups is 3. The number of nitrogens with zero attached hydrogens (tertiary/aromatic N) is 9. The molecule has 4 aromatic carbocycles. The summed E-state index contributed by atoms with van der Waals surface area (Å²) in [6.45, 7) is 4.73. The Kier molecular flexibility index (Phi) is 16.7. The predicted molar refractivity (Wildman–Crippen MR) is 233 cm³/mol. The van der Waals surface area contributed by atoms with Crippen molar-refractivity contribution in [3.63, 3.8) is 0 Å². The van der Waals surface area contributed by atoms with Crippen molar-refractivity contribution in [2.24, 2.45) is 15.3 Å². The molecule has 1 saturated carbocycles. The van der Waals surface area contributed by atoms with Gasteiger partial charge in [0, 0.05) is 14.7 Å². The fourth-order valence-corrected chi connectivity index (χ4v) is 7.46. The van der Waals surface area contributed by atoms with E-state index in [-0.39, 0.29) is 37.3 Å². The molecule has 20 nitrogen and oxygen atoms in total. The van der Waals surface area contributed by atoms with Crippen molar-refractivity contribution in [3.05, 3.63) is 175 Å². The van der Waals surface area contributed by atoms with Crippen LogP contribution in [0.3, 0.4) is 0 Å². The number of nitrogens with one attached hydrogen (secondary N) is 1. The number of alkyl carbamates (subject to hydrolysis) is 1. The first-order valence-corrected chi connectivity index (χ1v) is 20.7. The maximum absolute atomic E-state index is 14.1. The minimum Gasteiger partial charge on any atom is -0.452 e. The molecule has 1 aliphatic heterocycles. The molecule has 338 valence electrons. The van der Waals surface area contributed by atoms with Gasteiger partial charge in [0.15, 0.2) is 18.5 Å². The number of esters is 2. The average molecular weight is 889 g/mol. The topological polar surface area (TPSA) is 274 Å². The van der Waals surface area contributed by atoms with Gasteiger partial charge in [-0.25, -0.2) is 14.4 Å². The Bertz CT molecular complexity index is 2340. The molecule has 65 heavy (non-hydrogen) atoms. The molecule has 1 N–H and O–H groups in total. The first-order chi connectivity index (χ1) is 31.5. The molecule has 20 heteroatoms. The van der Waals surface area contributed by atoms with Gasteiger partial charge in [-0.15, -0.1) is 0 Å². The van der Waals surface area contributed by atoms with Gasteiger partial charge >= 0.3 is 18.0 Å². The lowest BCUT2D eigenvalue weighted by Gasteiger charge is -2.48. The van der Waals surface area contributed by atoms with Gasteiger partial charge in [-0.2, -0.15) is 0 Å². The number of hydrogen-bond acceptors (Lipinski definition) is 13. The van der Waals surface area contributed by atoms with Crippen LogP contribution in [0.2, 0.25) is 0 Å². The molecule has 1 amide bonds.